The van der Waals surface area contributed by atoms with Crippen LogP contribution < -0.4 is 14.3 Å². The second-order valence-electron chi connectivity index (χ2n) is 7.61. The molecule has 0 spiro atoms. The van der Waals surface area contributed by atoms with E-state index in [0.29, 0.717) is 33.9 Å². The summed E-state index contributed by atoms with van der Waals surface area (Å²) in [6.07, 6.45) is 0. The summed E-state index contributed by atoms with van der Waals surface area (Å²) in [5.41, 5.74) is 2.12. The Morgan fingerprint density at radius 3 is 2.15 bits per heavy atom. The molecule has 4 aromatic carbocycles. The van der Waals surface area contributed by atoms with E-state index in [4.69, 9.17) is 4.74 Å². The zero-order chi connectivity index (χ0) is 23.5. The molecule has 170 valence electrons. The number of benzene rings is 4. The van der Waals surface area contributed by atoms with Crippen molar-refractivity contribution in [1.82, 2.24) is 4.57 Å². The van der Waals surface area contributed by atoms with Crippen LogP contribution in [0.4, 0.5) is 5.69 Å². The van der Waals surface area contributed by atoms with Crippen molar-refractivity contribution in [2.75, 3.05) is 4.72 Å². The highest BCUT2D eigenvalue weighted by atomic mass is 32.2. The van der Waals surface area contributed by atoms with Crippen molar-refractivity contribution in [3.8, 4) is 11.5 Å². The van der Waals surface area contributed by atoms with Gasteiger partial charge >= 0.3 is 4.87 Å². The first-order valence-electron chi connectivity index (χ1n) is 10.5. The predicted molar refractivity (Wildman–Crippen MR) is 135 cm³/mol. The molecular weight excluding hydrogens is 468 g/mol. The molecule has 0 aliphatic rings. The zero-order valence-corrected chi connectivity index (χ0v) is 19.6. The number of para-hydroxylation sites is 1. The minimum absolute atomic E-state index is 0.0951. The second-order valence-corrected chi connectivity index (χ2v) is 10.3. The number of rotatable bonds is 7. The minimum Gasteiger partial charge on any atom is -0.457 e. The van der Waals surface area contributed by atoms with E-state index in [1.807, 2.05) is 60.7 Å². The average Bonchev–Trinajstić information content (AvgIpc) is 3.16. The fraction of sp³-hybridized carbons (Fsp3) is 0.0385. The predicted octanol–water partition coefficient (Wildman–Crippen LogP) is 5.70. The third-order valence-electron chi connectivity index (χ3n) is 5.22. The summed E-state index contributed by atoms with van der Waals surface area (Å²) in [5.74, 6) is 1.29. The number of hydrogen-bond acceptors (Lipinski definition) is 5. The number of nitrogens with one attached hydrogen (secondary N) is 1. The number of anilines is 1. The number of nitrogens with zero attached hydrogens (tertiary/aromatic N) is 1. The smallest absolute Gasteiger partial charge is 0.308 e. The summed E-state index contributed by atoms with van der Waals surface area (Å²) < 4.78 is 36.6. The monoisotopic (exact) mass is 488 g/mol. The van der Waals surface area contributed by atoms with Crippen LogP contribution >= 0.6 is 11.3 Å². The van der Waals surface area contributed by atoms with E-state index < -0.39 is 10.0 Å². The molecule has 0 fully saturated rings. The van der Waals surface area contributed by atoms with Crippen LogP contribution in [0.1, 0.15) is 5.56 Å². The molecule has 0 atom stereocenters. The minimum atomic E-state index is -3.83. The lowest BCUT2D eigenvalue weighted by Crippen LogP contribution is -2.14. The third-order valence-corrected chi connectivity index (χ3v) is 7.54. The first-order chi connectivity index (χ1) is 16.5. The summed E-state index contributed by atoms with van der Waals surface area (Å²) in [6, 6.07) is 30.4. The van der Waals surface area contributed by atoms with Crippen LogP contribution in [0.15, 0.2) is 113 Å². The molecule has 0 radical (unpaired) electrons. The van der Waals surface area contributed by atoms with Crippen LogP contribution in [0.5, 0.6) is 11.5 Å². The van der Waals surface area contributed by atoms with Crippen LogP contribution in [0.2, 0.25) is 0 Å². The Morgan fingerprint density at radius 1 is 0.794 bits per heavy atom. The van der Waals surface area contributed by atoms with E-state index in [1.165, 1.54) is 12.1 Å². The summed E-state index contributed by atoms with van der Waals surface area (Å²) in [7, 11) is -3.83. The molecule has 0 amide bonds. The third kappa shape index (κ3) is 4.73. The highest BCUT2D eigenvalue weighted by Gasteiger charge is 2.17. The molecule has 5 aromatic rings. The van der Waals surface area contributed by atoms with Crippen molar-refractivity contribution in [2.45, 2.75) is 11.4 Å². The molecule has 6 nitrogen and oxygen atoms in total. The maximum absolute atomic E-state index is 13.0. The van der Waals surface area contributed by atoms with Crippen LogP contribution in [-0.2, 0) is 16.6 Å². The molecule has 8 heteroatoms. The SMILES string of the molecule is O=c1sc2cc(S(=O)(=O)Nc3ccc(Oc4ccccc4)cc3)ccc2n1Cc1ccccc1. The zero-order valence-electron chi connectivity index (χ0n) is 17.9. The maximum Gasteiger partial charge on any atom is 0.308 e. The largest absolute Gasteiger partial charge is 0.457 e. The van der Waals surface area contributed by atoms with Gasteiger partial charge in [0.2, 0.25) is 0 Å². The number of fused-ring (bicyclic) bond motifs is 1. The summed E-state index contributed by atoms with van der Waals surface area (Å²) >= 11 is 1.04. The van der Waals surface area contributed by atoms with E-state index in [-0.39, 0.29) is 9.77 Å². The Bertz CT molecular complexity index is 1590. The van der Waals surface area contributed by atoms with Crippen LogP contribution in [0, 0.1) is 0 Å². The Morgan fingerprint density at radius 2 is 1.44 bits per heavy atom. The van der Waals surface area contributed by atoms with Gasteiger partial charge in [-0.25, -0.2) is 8.42 Å². The van der Waals surface area contributed by atoms with Gasteiger partial charge < -0.3 is 4.74 Å². The number of ether oxygens (including phenoxy) is 1. The van der Waals surface area contributed by atoms with Crippen molar-refractivity contribution < 1.29 is 13.2 Å². The van der Waals surface area contributed by atoms with Crippen molar-refractivity contribution in [3.05, 3.63) is 118 Å². The molecule has 0 bridgehead atoms. The van der Waals surface area contributed by atoms with Crippen LogP contribution in [-0.4, -0.2) is 13.0 Å². The molecule has 0 aliphatic heterocycles. The van der Waals surface area contributed by atoms with Gasteiger partial charge in [-0.1, -0.05) is 59.9 Å². The number of thiazole rings is 1. The normalized spacial score (nSPS) is 11.4. The van der Waals surface area contributed by atoms with Crippen molar-refractivity contribution in [3.63, 3.8) is 0 Å². The summed E-state index contributed by atoms with van der Waals surface area (Å²) in [6.45, 7) is 0.432. The number of aromatic nitrogens is 1. The quantitative estimate of drug-likeness (QED) is 0.319. The van der Waals surface area contributed by atoms with Crippen LogP contribution in [0.25, 0.3) is 10.2 Å². The Hall–Kier alpha value is -3.88. The van der Waals surface area contributed by atoms with Gasteiger partial charge in [-0.15, -0.1) is 0 Å². The van der Waals surface area contributed by atoms with Gasteiger partial charge in [0.25, 0.3) is 10.0 Å². The molecule has 1 aromatic heterocycles. The first kappa shape index (κ1) is 21.9. The standard InChI is InChI=1S/C26H20N2O4S2/c29-26-28(18-19-7-3-1-4-8-19)24-16-15-23(17-25(24)33-26)34(30,31)27-20-11-13-22(14-12-20)32-21-9-5-2-6-10-21/h1-17,27H,18H2. The van der Waals surface area contributed by atoms with Crippen LogP contribution in [0.3, 0.4) is 0 Å². The topological polar surface area (TPSA) is 77.4 Å². The second kappa shape index (κ2) is 9.17. The molecule has 1 heterocycles. The molecule has 0 saturated carbocycles. The molecule has 0 unspecified atom stereocenters. The van der Waals surface area contributed by atoms with E-state index in [0.717, 1.165) is 16.9 Å². The number of sulfonamides is 1. The van der Waals surface area contributed by atoms with E-state index in [9.17, 15) is 13.2 Å². The fourth-order valence-corrected chi connectivity index (χ4v) is 5.65. The molecule has 34 heavy (non-hydrogen) atoms. The highest BCUT2D eigenvalue weighted by molar-refractivity contribution is 7.92. The Labute approximate surface area is 200 Å². The molecule has 0 aliphatic carbocycles. The first-order valence-corrected chi connectivity index (χ1v) is 12.8. The molecular formula is C26H20N2O4S2. The van der Waals surface area contributed by atoms with Gasteiger partial charge in [0.15, 0.2) is 0 Å². The highest BCUT2D eigenvalue weighted by Crippen LogP contribution is 2.26. The lowest BCUT2D eigenvalue weighted by molar-refractivity contribution is 0.483. The summed E-state index contributed by atoms with van der Waals surface area (Å²) in [5, 5.41) is 0. The van der Waals surface area contributed by atoms with E-state index in [2.05, 4.69) is 4.72 Å². The number of hydrogen-bond donors (Lipinski definition) is 1. The van der Waals surface area contributed by atoms with Gasteiger partial charge in [-0.2, -0.15) is 0 Å². The lowest BCUT2D eigenvalue weighted by atomic mass is 10.2. The average molecular weight is 489 g/mol. The summed E-state index contributed by atoms with van der Waals surface area (Å²) in [4.78, 5) is 12.5. The maximum atomic E-state index is 13.0. The van der Waals surface area contributed by atoms with Gasteiger partial charge in [0.1, 0.15) is 11.5 Å². The van der Waals surface area contributed by atoms with Gasteiger partial charge in [-0.05, 0) is 60.2 Å². The van der Waals surface area contributed by atoms with E-state index >= 15 is 0 Å². The van der Waals surface area contributed by atoms with Gasteiger partial charge in [0, 0.05) is 5.69 Å². The molecule has 0 saturated heterocycles. The van der Waals surface area contributed by atoms with E-state index in [1.54, 1.807) is 34.9 Å². The lowest BCUT2D eigenvalue weighted by Gasteiger charge is -2.10. The fourth-order valence-electron chi connectivity index (χ4n) is 3.56. The van der Waals surface area contributed by atoms with Gasteiger partial charge in [-0.3, -0.25) is 14.1 Å². The van der Waals surface area contributed by atoms with Crippen molar-refractivity contribution in [2.24, 2.45) is 0 Å². The Balaban J connectivity index is 1.36. The molecule has 1 N–H and O–H groups in total. The van der Waals surface area contributed by atoms with Gasteiger partial charge in [0.05, 0.1) is 21.7 Å². The Kier molecular flexibility index (Phi) is 5.91. The van der Waals surface area contributed by atoms with Crippen molar-refractivity contribution in [1.29, 1.82) is 0 Å². The molecule has 5 rings (SSSR count). The van der Waals surface area contributed by atoms with Crippen molar-refractivity contribution >= 4 is 37.3 Å².